The van der Waals surface area contributed by atoms with Crippen molar-refractivity contribution in [3.05, 3.63) is 29.8 Å². The summed E-state index contributed by atoms with van der Waals surface area (Å²) in [6, 6.07) is 5.81. The second-order valence-corrected chi connectivity index (χ2v) is 11.0. The Morgan fingerprint density at radius 2 is 1.60 bits per heavy atom. The number of hydrogen-bond acceptors (Lipinski definition) is 5. The predicted molar refractivity (Wildman–Crippen MR) is 95.7 cm³/mol. The predicted octanol–water partition coefficient (Wildman–Crippen LogP) is 0.976. The van der Waals surface area contributed by atoms with Crippen LogP contribution in [0.2, 0.25) is 0 Å². The Morgan fingerprint density at radius 1 is 1.08 bits per heavy atom. The van der Waals surface area contributed by atoms with Gasteiger partial charge in [-0.1, -0.05) is 6.92 Å². The number of nitrogens with zero attached hydrogens (tertiary/aromatic N) is 2. The van der Waals surface area contributed by atoms with E-state index >= 15 is 0 Å². The van der Waals surface area contributed by atoms with E-state index in [1.165, 1.54) is 38.4 Å². The van der Waals surface area contributed by atoms with E-state index in [0.717, 1.165) is 4.31 Å². The Morgan fingerprint density at radius 3 is 2.04 bits per heavy atom. The molecular formula is C16H24N2O5S2. The molecule has 140 valence electrons. The number of sulfone groups is 1. The van der Waals surface area contributed by atoms with E-state index in [1.54, 1.807) is 11.8 Å². The molecule has 2 rings (SSSR count). The molecule has 0 unspecified atom stereocenters. The van der Waals surface area contributed by atoms with Crippen LogP contribution < -0.4 is 0 Å². The summed E-state index contributed by atoms with van der Waals surface area (Å²) in [7, 11) is -3.71. The summed E-state index contributed by atoms with van der Waals surface area (Å²) in [6.07, 6.45) is 0.879. The number of rotatable bonds is 5. The van der Waals surface area contributed by atoms with Gasteiger partial charge in [0.25, 0.3) is 5.91 Å². The maximum atomic E-state index is 12.5. The van der Waals surface area contributed by atoms with Crippen LogP contribution in [0.4, 0.5) is 0 Å². The fourth-order valence-electron chi connectivity index (χ4n) is 2.82. The molecule has 1 aliphatic heterocycles. The standard InChI is InChI=1S/C16H24N2O5S2/c1-4-24(20,21)14-9-11-18(12-10-14)16(19)13-5-7-15(8-6-13)25(22,23)17(2)3/h5-8,14H,4,9-12H2,1-3H3. The lowest BCUT2D eigenvalue weighted by Crippen LogP contribution is -2.42. The van der Waals surface area contributed by atoms with Crippen LogP contribution in [0.15, 0.2) is 29.2 Å². The smallest absolute Gasteiger partial charge is 0.253 e. The van der Waals surface area contributed by atoms with Crippen LogP contribution in [-0.4, -0.2) is 70.1 Å². The highest BCUT2D eigenvalue weighted by molar-refractivity contribution is 7.92. The highest BCUT2D eigenvalue weighted by atomic mass is 32.2. The number of benzene rings is 1. The molecule has 1 amide bonds. The number of amides is 1. The molecule has 0 aromatic heterocycles. The summed E-state index contributed by atoms with van der Waals surface area (Å²) in [5.41, 5.74) is 0.398. The monoisotopic (exact) mass is 388 g/mol. The van der Waals surface area contributed by atoms with Crippen molar-refractivity contribution in [3.8, 4) is 0 Å². The van der Waals surface area contributed by atoms with E-state index in [0.29, 0.717) is 31.5 Å². The van der Waals surface area contributed by atoms with Gasteiger partial charge in [-0.25, -0.2) is 21.1 Å². The van der Waals surface area contributed by atoms with Crippen molar-refractivity contribution >= 4 is 25.8 Å². The number of hydrogen-bond donors (Lipinski definition) is 0. The van der Waals surface area contributed by atoms with Gasteiger partial charge in [0, 0.05) is 38.5 Å². The highest BCUT2D eigenvalue weighted by Crippen LogP contribution is 2.21. The van der Waals surface area contributed by atoms with Crippen LogP contribution >= 0.6 is 0 Å². The molecule has 0 atom stereocenters. The molecule has 0 bridgehead atoms. The van der Waals surface area contributed by atoms with Crippen LogP contribution in [0.3, 0.4) is 0 Å². The molecular weight excluding hydrogens is 364 g/mol. The SMILES string of the molecule is CCS(=O)(=O)C1CCN(C(=O)c2ccc(S(=O)(=O)N(C)C)cc2)CC1. The average Bonchev–Trinajstić information content (AvgIpc) is 2.61. The maximum absolute atomic E-state index is 12.5. The zero-order valence-electron chi connectivity index (χ0n) is 14.7. The Labute approximate surface area is 149 Å². The molecule has 1 aromatic carbocycles. The first-order valence-corrected chi connectivity index (χ1v) is 11.3. The topological polar surface area (TPSA) is 91.8 Å². The summed E-state index contributed by atoms with van der Waals surface area (Å²) in [6.45, 7) is 2.41. The molecule has 1 aromatic rings. The first-order chi connectivity index (χ1) is 11.6. The molecule has 0 aliphatic carbocycles. The van der Waals surface area contributed by atoms with Gasteiger partial charge in [-0.3, -0.25) is 4.79 Å². The minimum atomic E-state index is -3.53. The van der Waals surface area contributed by atoms with Gasteiger partial charge in [-0.05, 0) is 37.1 Å². The lowest BCUT2D eigenvalue weighted by molar-refractivity contribution is 0.0725. The van der Waals surface area contributed by atoms with Crippen molar-refractivity contribution in [2.75, 3.05) is 32.9 Å². The van der Waals surface area contributed by atoms with Crippen molar-refractivity contribution < 1.29 is 21.6 Å². The third kappa shape index (κ3) is 4.21. The summed E-state index contributed by atoms with van der Waals surface area (Å²) in [4.78, 5) is 14.3. The molecule has 1 fully saturated rings. The molecule has 25 heavy (non-hydrogen) atoms. The molecule has 1 heterocycles. The summed E-state index contributed by atoms with van der Waals surface area (Å²) < 4.78 is 49.1. The van der Waals surface area contributed by atoms with Gasteiger partial charge in [0.05, 0.1) is 10.1 Å². The number of likely N-dealkylation sites (tertiary alicyclic amines) is 1. The van der Waals surface area contributed by atoms with E-state index in [2.05, 4.69) is 0 Å². The molecule has 0 saturated carbocycles. The Kier molecular flexibility index (Phi) is 5.90. The lowest BCUT2D eigenvalue weighted by Gasteiger charge is -2.31. The zero-order chi connectivity index (χ0) is 18.8. The van der Waals surface area contributed by atoms with Gasteiger partial charge in [0.2, 0.25) is 10.0 Å². The Hall–Kier alpha value is -1.45. The second kappa shape index (κ2) is 7.43. The van der Waals surface area contributed by atoms with Crippen molar-refractivity contribution in [2.45, 2.75) is 29.9 Å². The third-order valence-electron chi connectivity index (χ3n) is 4.52. The minimum Gasteiger partial charge on any atom is -0.339 e. The zero-order valence-corrected chi connectivity index (χ0v) is 16.3. The summed E-state index contributed by atoms with van der Waals surface area (Å²) >= 11 is 0. The van der Waals surface area contributed by atoms with Crippen molar-refractivity contribution in [1.82, 2.24) is 9.21 Å². The largest absolute Gasteiger partial charge is 0.339 e. The molecule has 7 nitrogen and oxygen atoms in total. The summed E-state index contributed by atoms with van der Waals surface area (Å²) in [5.74, 6) is -0.0888. The highest BCUT2D eigenvalue weighted by Gasteiger charge is 2.30. The molecule has 0 radical (unpaired) electrons. The van der Waals surface area contributed by atoms with E-state index < -0.39 is 19.9 Å². The van der Waals surface area contributed by atoms with Crippen LogP contribution in [-0.2, 0) is 19.9 Å². The third-order valence-corrected chi connectivity index (χ3v) is 8.64. The molecule has 0 N–H and O–H groups in total. The van der Waals surface area contributed by atoms with Gasteiger partial charge in [-0.15, -0.1) is 0 Å². The average molecular weight is 389 g/mol. The van der Waals surface area contributed by atoms with E-state index in [1.807, 2.05) is 0 Å². The normalized spacial score (nSPS) is 17.0. The second-order valence-electron chi connectivity index (χ2n) is 6.25. The molecule has 1 aliphatic rings. The first kappa shape index (κ1) is 19.9. The fourth-order valence-corrected chi connectivity index (χ4v) is 5.12. The quantitative estimate of drug-likeness (QED) is 0.750. The fraction of sp³-hybridized carbons (Fsp3) is 0.562. The number of sulfonamides is 1. The van der Waals surface area contributed by atoms with Crippen LogP contribution in [0.1, 0.15) is 30.1 Å². The van der Waals surface area contributed by atoms with Gasteiger partial charge < -0.3 is 4.90 Å². The number of piperidine rings is 1. The maximum Gasteiger partial charge on any atom is 0.253 e. The van der Waals surface area contributed by atoms with Crippen LogP contribution in [0, 0.1) is 0 Å². The van der Waals surface area contributed by atoms with E-state index in [9.17, 15) is 21.6 Å². The number of carbonyl (C=O) groups is 1. The van der Waals surface area contributed by atoms with Gasteiger partial charge >= 0.3 is 0 Å². The van der Waals surface area contributed by atoms with Crippen molar-refractivity contribution in [3.63, 3.8) is 0 Å². The minimum absolute atomic E-state index is 0.118. The molecule has 1 saturated heterocycles. The van der Waals surface area contributed by atoms with Crippen molar-refractivity contribution in [2.24, 2.45) is 0 Å². The lowest BCUT2D eigenvalue weighted by atomic mass is 10.1. The van der Waals surface area contributed by atoms with E-state index in [4.69, 9.17) is 0 Å². The van der Waals surface area contributed by atoms with Crippen LogP contribution in [0.25, 0.3) is 0 Å². The molecule has 0 spiro atoms. The Bertz CT molecular complexity index is 822. The van der Waals surface area contributed by atoms with Crippen LogP contribution in [0.5, 0.6) is 0 Å². The van der Waals surface area contributed by atoms with Crippen molar-refractivity contribution in [1.29, 1.82) is 0 Å². The van der Waals surface area contributed by atoms with Gasteiger partial charge in [0.15, 0.2) is 9.84 Å². The van der Waals surface area contributed by atoms with Gasteiger partial charge in [0.1, 0.15) is 0 Å². The van der Waals surface area contributed by atoms with E-state index in [-0.39, 0.29) is 21.8 Å². The number of carbonyl (C=O) groups excluding carboxylic acids is 1. The first-order valence-electron chi connectivity index (χ1n) is 8.13. The summed E-state index contributed by atoms with van der Waals surface area (Å²) in [5, 5.41) is -0.380. The molecule has 9 heteroatoms. The van der Waals surface area contributed by atoms with Gasteiger partial charge in [-0.2, -0.15) is 0 Å². The Balaban J connectivity index is 2.08.